The molecule has 0 saturated carbocycles. The molecule has 0 unspecified atom stereocenters. The summed E-state index contributed by atoms with van der Waals surface area (Å²) < 4.78 is 77.2. The van der Waals surface area contributed by atoms with Crippen molar-refractivity contribution in [3.63, 3.8) is 0 Å². The minimum atomic E-state index is -5.94. The Bertz CT molecular complexity index is 1160. The fourth-order valence-electron chi connectivity index (χ4n) is 2.49. The van der Waals surface area contributed by atoms with Gasteiger partial charge in [0.15, 0.2) is 17.9 Å². The number of carbonyl (C=O) groups is 1. The maximum atomic E-state index is 12.8. The van der Waals surface area contributed by atoms with Crippen LogP contribution in [0.5, 0.6) is 5.75 Å². The van der Waals surface area contributed by atoms with Crippen molar-refractivity contribution < 1.29 is 39.7 Å². The number of oxazole rings is 1. The van der Waals surface area contributed by atoms with E-state index < -0.39 is 33.1 Å². The van der Waals surface area contributed by atoms with Gasteiger partial charge in [0.25, 0.3) is 0 Å². The Kier molecular flexibility index (Phi) is 4.85. The van der Waals surface area contributed by atoms with Gasteiger partial charge in [0.2, 0.25) is 0 Å². The number of halogens is 3. The first-order valence-electron chi connectivity index (χ1n) is 8.07. The molecule has 0 N–H and O–H groups in total. The van der Waals surface area contributed by atoms with Crippen LogP contribution in [0.4, 0.5) is 18.0 Å². The van der Waals surface area contributed by atoms with Crippen molar-refractivity contribution in [1.29, 1.82) is 0 Å². The van der Waals surface area contributed by atoms with Crippen LogP contribution in [-0.4, -0.2) is 35.2 Å². The van der Waals surface area contributed by atoms with Gasteiger partial charge in [0.1, 0.15) is 5.60 Å². The Labute approximate surface area is 163 Å². The van der Waals surface area contributed by atoms with E-state index in [1.807, 2.05) is 0 Å². The molecular weight excluding hydrogens is 417 g/mol. The van der Waals surface area contributed by atoms with E-state index in [1.165, 1.54) is 24.5 Å². The molecule has 8 nitrogen and oxygen atoms in total. The average molecular weight is 432 g/mol. The van der Waals surface area contributed by atoms with Crippen molar-refractivity contribution in [2.45, 2.75) is 31.9 Å². The first-order valence-corrected chi connectivity index (χ1v) is 9.48. The number of nitrogens with zero attached hydrogens (tertiary/aromatic N) is 2. The minimum Gasteiger partial charge on any atom is -0.443 e. The lowest BCUT2D eigenvalue weighted by atomic mass is 10.1. The van der Waals surface area contributed by atoms with E-state index in [4.69, 9.17) is 9.15 Å². The molecule has 156 valence electrons. The third kappa shape index (κ3) is 4.06. The fraction of sp³-hybridized carbons (Fsp3) is 0.294. The van der Waals surface area contributed by atoms with Crippen LogP contribution in [-0.2, 0) is 14.9 Å². The molecule has 3 rings (SSSR count). The van der Waals surface area contributed by atoms with E-state index in [9.17, 15) is 26.4 Å². The smallest absolute Gasteiger partial charge is 0.443 e. The number of alkyl halides is 3. The van der Waals surface area contributed by atoms with Gasteiger partial charge in [-0.05, 0) is 32.9 Å². The van der Waals surface area contributed by atoms with E-state index in [1.54, 1.807) is 20.8 Å². The first-order chi connectivity index (χ1) is 13.3. The summed E-state index contributed by atoms with van der Waals surface area (Å²) in [5.74, 6) is -0.550. The lowest BCUT2D eigenvalue weighted by Gasteiger charge is -2.19. The van der Waals surface area contributed by atoms with Crippen LogP contribution < -0.4 is 4.18 Å². The zero-order valence-electron chi connectivity index (χ0n) is 15.4. The number of benzene rings is 1. The fourth-order valence-corrected chi connectivity index (χ4v) is 2.96. The van der Waals surface area contributed by atoms with E-state index in [0.717, 1.165) is 17.0 Å². The molecule has 1 aromatic carbocycles. The maximum absolute atomic E-state index is 12.8. The Balaban J connectivity index is 2.24. The molecule has 0 aliphatic heterocycles. The van der Waals surface area contributed by atoms with Crippen LogP contribution in [0.25, 0.3) is 22.2 Å². The highest BCUT2D eigenvalue weighted by Gasteiger charge is 2.49. The second-order valence-electron chi connectivity index (χ2n) is 6.89. The monoisotopic (exact) mass is 432 g/mol. The van der Waals surface area contributed by atoms with Crippen molar-refractivity contribution in [2.24, 2.45) is 0 Å². The molecule has 0 aliphatic rings. The molecule has 0 bridgehead atoms. The molecule has 12 heteroatoms. The van der Waals surface area contributed by atoms with Crippen LogP contribution in [0.3, 0.4) is 0 Å². The third-order valence-corrected chi connectivity index (χ3v) is 4.53. The molecule has 2 aromatic heterocycles. The number of aromatic nitrogens is 2. The zero-order chi connectivity index (χ0) is 21.6. The van der Waals surface area contributed by atoms with Crippen LogP contribution >= 0.6 is 0 Å². The number of fused-ring (bicyclic) bond motifs is 1. The number of hydrogen-bond donors (Lipinski definition) is 0. The second kappa shape index (κ2) is 6.79. The van der Waals surface area contributed by atoms with Gasteiger partial charge >= 0.3 is 21.7 Å². The average Bonchev–Trinajstić information content (AvgIpc) is 3.19. The van der Waals surface area contributed by atoms with Crippen molar-refractivity contribution in [2.75, 3.05) is 0 Å². The Morgan fingerprint density at radius 3 is 2.45 bits per heavy atom. The summed E-state index contributed by atoms with van der Waals surface area (Å²) in [5, 5.41) is -0.0945. The summed E-state index contributed by atoms with van der Waals surface area (Å²) in [6.07, 6.45) is 2.74. The van der Waals surface area contributed by atoms with Crippen LogP contribution in [0, 0.1) is 0 Å². The van der Waals surface area contributed by atoms with Crippen molar-refractivity contribution in [3.8, 4) is 17.1 Å². The topological polar surface area (TPSA) is 101 Å². The van der Waals surface area contributed by atoms with Crippen LogP contribution in [0.2, 0.25) is 0 Å². The molecule has 0 amide bonds. The summed E-state index contributed by atoms with van der Waals surface area (Å²) in [4.78, 5) is 16.3. The van der Waals surface area contributed by atoms with Crippen molar-refractivity contribution in [1.82, 2.24) is 9.55 Å². The summed E-state index contributed by atoms with van der Waals surface area (Å²) in [6.45, 7) is 4.91. The van der Waals surface area contributed by atoms with Gasteiger partial charge in [-0.3, -0.25) is 4.57 Å². The largest absolute Gasteiger partial charge is 0.534 e. The van der Waals surface area contributed by atoms with Gasteiger partial charge in [0, 0.05) is 11.8 Å². The van der Waals surface area contributed by atoms with Crippen molar-refractivity contribution in [3.05, 3.63) is 37.0 Å². The van der Waals surface area contributed by atoms with E-state index in [-0.39, 0.29) is 22.2 Å². The summed E-state index contributed by atoms with van der Waals surface area (Å²) >= 11 is 0. The molecule has 0 saturated heterocycles. The SMILES string of the molecule is CC(C)(C)OC(=O)n1cc(-c2cnco2)c2c(OS(=O)(=O)C(F)(F)F)cccc21. The van der Waals surface area contributed by atoms with Gasteiger partial charge in [-0.25, -0.2) is 9.78 Å². The van der Waals surface area contributed by atoms with E-state index in [0.29, 0.717) is 0 Å². The number of carbonyl (C=O) groups excluding carboxylic acids is 1. The summed E-state index contributed by atoms with van der Waals surface area (Å²) in [5.41, 5.74) is -6.33. The lowest BCUT2D eigenvalue weighted by Crippen LogP contribution is -2.28. The number of hydrogen-bond acceptors (Lipinski definition) is 7. The van der Waals surface area contributed by atoms with Gasteiger partial charge < -0.3 is 13.3 Å². The highest BCUT2D eigenvalue weighted by Crippen LogP contribution is 2.39. The number of ether oxygens (including phenoxy) is 1. The predicted molar refractivity (Wildman–Crippen MR) is 94.7 cm³/mol. The zero-order valence-corrected chi connectivity index (χ0v) is 16.2. The van der Waals surface area contributed by atoms with Gasteiger partial charge in [-0.1, -0.05) is 6.07 Å². The molecule has 0 fully saturated rings. The summed E-state index contributed by atoms with van der Waals surface area (Å²) in [6, 6.07) is 3.67. The van der Waals surface area contributed by atoms with Crippen LogP contribution in [0.15, 0.2) is 41.4 Å². The molecule has 29 heavy (non-hydrogen) atoms. The maximum Gasteiger partial charge on any atom is 0.534 e. The van der Waals surface area contributed by atoms with Gasteiger partial charge in [-0.15, -0.1) is 0 Å². The molecule has 0 spiro atoms. The first kappa shape index (κ1) is 20.7. The minimum absolute atomic E-state index is 0.0560. The quantitative estimate of drug-likeness (QED) is 0.449. The molecular formula is C17H15F3N2O6S. The molecule has 0 radical (unpaired) electrons. The molecule has 3 aromatic rings. The predicted octanol–water partition coefficient (Wildman–Crippen LogP) is 4.31. The number of rotatable bonds is 3. The van der Waals surface area contributed by atoms with Gasteiger partial charge in [-0.2, -0.15) is 21.6 Å². The second-order valence-corrected chi connectivity index (χ2v) is 8.43. The van der Waals surface area contributed by atoms with E-state index >= 15 is 0 Å². The van der Waals surface area contributed by atoms with Crippen LogP contribution in [0.1, 0.15) is 20.8 Å². The highest BCUT2D eigenvalue weighted by atomic mass is 32.2. The third-order valence-electron chi connectivity index (χ3n) is 3.56. The summed E-state index contributed by atoms with van der Waals surface area (Å²) in [7, 11) is -5.94. The standard InChI is InChI=1S/C17H15F3N2O6S/c1-16(2,3)27-15(23)22-8-10(13-7-21-9-26-13)14-11(22)5-4-6-12(14)28-29(24,25)17(18,19)20/h4-9H,1-3H3. The van der Waals surface area contributed by atoms with Gasteiger partial charge in [0.05, 0.1) is 17.1 Å². The molecule has 0 atom stereocenters. The Hall–Kier alpha value is -3.02. The Morgan fingerprint density at radius 2 is 1.90 bits per heavy atom. The normalized spacial score (nSPS) is 12.9. The lowest BCUT2D eigenvalue weighted by molar-refractivity contribution is -0.0499. The van der Waals surface area contributed by atoms with E-state index in [2.05, 4.69) is 9.17 Å². The van der Waals surface area contributed by atoms with Crippen molar-refractivity contribution >= 4 is 27.1 Å². The molecule has 2 heterocycles. The Morgan fingerprint density at radius 1 is 1.21 bits per heavy atom. The molecule has 0 aliphatic carbocycles. The highest BCUT2D eigenvalue weighted by molar-refractivity contribution is 7.88.